The molecular formula is C17H20N2O2S. The normalized spacial score (nSPS) is 11.9. The molecular weight excluding hydrogens is 296 g/mol. The summed E-state index contributed by atoms with van der Waals surface area (Å²) in [6.45, 7) is 0. The second kappa shape index (κ2) is 7.22. The highest BCUT2D eigenvalue weighted by atomic mass is 32.2. The highest BCUT2D eigenvalue weighted by molar-refractivity contribution is 7.84. The third-order valence-corrected chi connectivity index (χ3v) is 4.54. The van der Waals surface area contributed by atoms with Crippen LogP contribution in [-0.4, -0.2) is 30.0 Å². The van der Waals surface area contributed by atoms with Crippen LogP contribution in [0.2, 0.25) is 0 Å². The van der Waals surface area contributed by atoms with Gasteiger partial charge in [0.15, 0.2) is 0 Å². The van der Waals surface area contributed by atoms with Gasteiger partial charge in [-0.25, -0.2) is 0 Å². The van der Waals surface area contributed by atoms with Crippen molar-refractivity contribution in [2.75, 3.05) is 24.7 Å². The number of amides is 1. The van der Waals surface area contributed by atoms with Crippen molar-refractivity contribution in [3.8, 4) is 11.1 Å². The quantitative estimate of drug-likeness (QED) is 0.888. The van der Waals surface area contributed by atoms with Crippen LogP contribution in [0.3, 0.4) is 0 Å². The molecule has 0 bridgehead atoms. The molecule has 2 rings (SSSR count). The van der Waals surface area contributed by atoms with Crippen molar-refractivity contribution in [3.05, 3.63) is 54.1 Å². The molecule has 1 amide bonds. The fourth-order valence-electron chi connectivity index (χ4n) is 2.19. The van der Waals surface area contributed by atoms with E-state index in [0.29, 0.717) is 5.75 Å². The fraction of sp³-hybridized carbons (Fsp3) is 0.235. The van der Waals surface area contributed by atoms with Crippen LogP contribution in [0.25, 0.3) is 11.1 Å². The molecule has 0 aromatic heterocycles. The molecule has 2 aromatic rings. The molecule has 22 heavy (non-hydrogen) atoms. The van der Waals surface area contributed by atoms with E-state index in [2.05, 4.69) is 24.3 Å². The van der Waals surface area contributed by atoms with Crippen LogP contribution >= 0.6 is 0 Å². The highest BCUT2D eigenvalue weighted by Gasteiger charge is 2.07. The molecule has 1 unspecified atom stereocenters. The summed E-state index contributed by atoms with van der Waals surface area (Å²) < 4.78 is 11.8. The Labute approximate surface area is 133 Å². The van der Waals surface area contributed by atoms with Gasteiger partial charge in [-0.2, -0.15) is 0 Å². The van der Waals surface area contributed by atoms with Crippen molar-refractivity contribution in [2.24, 2.45) is 5.73 Å². The van der Waals surface area contributed by atoms with Crippen LogP contribution in [0.5, 0.6) is 0 Å². The van der Waals surface area contributed by atoms with Gasteiger partial charge in [-0.1, -0.05) is 36.4 Å². The summed E-state index contributed by atoms with van der Waals surface area (Å²) in [6, 6.07) is 16.1. The number of hydrogen-bond donors (Lipinski definition) is 1. The first-order valence-electron chi connectivity index (χ1n) is 6.95. The molecule has 0 heterocycles. The number of nitrogens with two attached hydrogens (primary N) is 1. The van der Waals surface area contributed by atoms with Crippen LogP contribution in [0.15, 0.2) is 48.5 Å². The summed E-state index contributed by atoms with van der Waals surface area (Å²) in [4.78, 5) is 12.8. The van der Waals surface area contributed by atoms with E-state index in [4.69, 9.17) is 5.73 Å². The average molecular weight is 316 g/mol. The van der Waals surface area contributed by atoms with E-state index < -0.39 is 16.7 Å². The van der Waals surface area contributed by atoms with Crippen molar-refractivity contribution < 1.29 is 9.00 Å². The van der Waals surface area contributed by atoms with Crippen LogP contribution in [-0.2, 0) is 21.3 Å². The Morgan fingerprint density at radius 3 is 2.36 bits per heavy atom. The number of benzene rings is 2. The molecule has 116 valence electrons. The molecule has 2 aromatic carbocycles. The Hall–Kier alpha value is -2.14. The lowest BCUT2D eigenvalue weighted by Gasteiger charge is -2.13. The maximum atomic E-state index is 11.8. The second-order valence-electron chi connectivity index (χ2n) is 5.34. The van der Waals surface area contributed by atoms with E-state index in [1.807, 2.05) is 43.3 Å². The largest absolute Gasteiger partial charge is 0.378 e. The van der Waals surface area contributed by atoms with Gasteiger partial charge in [-0.15, -0.1) is 0 Å². The Morgan fingerprint density at radius 2 is 1.77 bits per heavy atom. The SMILES string of the molecule is CN(C)c1ccc(-c2cccc(CS(=O)CC(N)=O)c2)cc1. The molecule has 0 saturated carbocycles. The number of carbonyl (C=O) groups is 1. The highest BCUT2D eigenvalue weighted by Crippen LogP contribution is 2.23. The van der Waals surface area contributed by atoms with E-state index in [-0.39, 0.29) is 5.75 Å². The average Bonchev–Trinajstić information content (AvgIpc) is 2.46. The predicted octanol–water partition coefficient (Wildman–Crippen LogP) is 2.15. The van der Waals surface area contributed by atoms with Gasteiger partial charge in [-0.3, -0.25) is 9.00 Å². The molecule has 1 atom stereocenters. The van der Waals surface area contributed by atoms with E-state index in [0.717, 1.165) is 22.4 Å². The number of carbonyl (C=O) groups excluding carboxylic acids is 1. The Bertz CT molecular complexity index is 681. The van der Waals surface area contributed by atoms with Gasteiger partial charge in [0, 0.05) is 36.3 Å². The molecule has 4 nitrogen and oxygen atoms in total. The molecule has 2 N–H and O–H groups in total. The summed E-state index contributed by atoms with van der Waals surface area (Å²) in [5.41, 5.74) is 9.32. The van der Waals surface area contributed by atoms with Gasteiger partial charge >= 0.3 is 0 Å². The molecule has 0 radical (unpaired) electrons. The van der Waals surface area contributed by atoms with Crippen LogP contribution in [0.1, 0.15) is 5.56 Å². The van der Waals surface area contributed by atoms with E-state index in [1.165, 1.54) is 0 Å². The number of rotatable bonds is 6. The molecule has 5 heteroatoms. The summed E-state index contributed by atoms with van der Waals surface area (Å²) in [5, 5.41) is 0. The molecule has 0 aliphatic carbocycles. The van der Waals surface area contributed by atoms with Gasteiger partial charge in [0.2, 0.25) is 5.91 Å². The summed E-state index contributed by atoms with van der Waals surface area (Å²) in [7, 11) is 2.75. The third kappa shape index (κ3) is 4.43. The van der Waals surface area contributed by atoms with Crippen LogP contribution in [0.4, 0.5) is 5.69 Å². The zero-order valence-electron chi connectivity index (χ0n) is 12.8. The van der Waals surface area contributed by atoms with Gasteiger partial charge in [0.1, 0.15) is 5.75 Å². The van der Waals surface area contributed by atoms with Crippen molar-refractivity contribution in [3.63, 3.8) is 0 Å². The van der Waals surface area contributed by atoms with Crippen molar-refractivity contribution in [2.45, 2.75) is 5.75 Å². The maximum absolute atomic E-state index is 11.8. The predicted molar refractivity (Wildman–Crippen MR) is 92.1 cm³/mol. The number of anilines is 1. The first-order chi connectivity index (χ1) is 10.5. The molecule has 0 aliphatic heterocycles. The van der Waals surface area contributed by atoms with Crippen molar-refractivity contribution >= 4 is 22.4 Å². The first-order valence-corrected chi connectivity index (χ1v) is 8.44. The lowest BCUT2D eigenvalue weighted by atomic mass is 10.0. The lowest BCUT2D eigenvalue weighted by molar-refractivity contribution is -0.115. The van der Waals surface area contributed by atoms with E-state index in [9.17, 15) is 9.00 Å². The molecule has 0 fully saturated rings. The maximum Gasteiger partial charge on any atom is 0.230 e. The Balaban J connectivity index is 2.17. The van der Waals surface area contributed by atoms with E-state index >= 15 is 0 Å². The number of primary amides is 1. The second-order valence-corrected chi connectivity index (χ2v) is 6.79. The van der Waals surface area contributed by atoms with Gasteiger partial charge in [-0.05, 0) is 28.8 Å². The number of hydrogen-bond acceptors (Lipinski definition) is 3. The lowest BCUT2D eigenvalue weighted by Crippen LogP contribution is -2.20. The van der Waals surface area contributed by atoms with E-state index in [1.54, 1.807) is 0 Å². The first kappa shape index (κ1) is 16.2. The molecule has 0 aliphatic rings. The Kier molecular flexibility index (Phi) is 5.33. The minimum atomic E-state index is -1.26. The standard InChI is InChI=1S/C17H20N2O2S/c1-19(2)16-8-6-14(7-9-16)15-5-3-4-13(10-15)11-22(21)12-17(18)20/h3-10H,11-12H2,1-2H3,(H2,18,20). The Morgan fingerprint density at radius 1 is 1.09 bits per heavy atom. The fourth-order valence-corrected chi connectivity index (χ4v) is 3.16. The monoisotopic (exact) mass is 316 g/mol. The third-order valence-electron chi connectivity index (χ3n) is 3.27. The van der Waals surface area contributed by atoms with Crippen molar-refractivity contribution in [1.29, 1.82) is 0 Å². The topological polar surface area (TPSA) is 63.4 Å². The van der Waals surface area contributed by atoms with Gasteiger partial charge < -0.3 is 10.6 Å². The molecule has 0 spiro atoms. The van der Waals surface area contributed by atoms with Crippen LogP contribution < -0.4 is 10.6 Å². The minimum absolute atomic E-state index is 0.0955. The van der Waals surface area contributed by atoms with Gasteiger partial charge in [0.25, 0.3) is 0 Å². The smallest absolute Gasteiger partial charge is 0.230 e. The van der Waals surface area contributed by atoms with Crippen molar-refractivity contribution in [1.82, 2.24) is 0 Å². The number of nitrogens with zero attached hydrogens (tertiary/aromatic N) is 1. The zero-order valence-corrected chi connectivity index (χ0v) is 13.6. The summed E-state index contributed by atoms with van der Waals surface area (Å²) in [5.74, 6) is -0.289. The summed E-state index contributed by atoms with van der Waals surface area (Å²) in [6.07, 6.45) is 0. The summed E-state index contributed by atoms with van der Waals surface area (Å²) >= 11 is 0. The zero-order chi connectivity index (χ0) is 16.1. The van der Waals surface area contributed by atoms with Gasteiger partial charge in [0.05, 0.1) is 0 Å². The van der Waals surface area contributed by atoms with Crippen LogP contribution in [0, 0.1) is 0 Å². The molecule has 0 saturated heterocycles. The minimum Gasteiger partial charge on any atom is -0.378 e.